The molecule has 106 valence electrons. The Bertz CT molecular complexity index is 423. The number of rotatable bonds is 8. The van der Waals surface area contributed by atoms with Crippen molar-refractivity contribution < 1.29 is 19.0 Å². The average molecular weight is 269 g/mol. The van der Waals surface area contributed by atoms with Gasteiger partial charge in [0.1, 0.15) is 0 Å². The van der Waals surface area contributed by atoms with Crippen LogP contribution in [0.3, 0.4) is 0 Å². The number of hydrogen-bond donors (Lipinski definition) is 2. The summed E-state index contributed by atoms with van der Waals surface area (Å²) >= 11 is 0. The summed E-state index contributed by atoms with van der Waals surface area (Å²) in [6, 6.07) is 4.59. The summed E-state index contributed by atoms with van der Waals surface area (Å²) < 4.78 is 19.1. The quantitative estimate of drug-likeness (QED) is 0.712. The lowest BCUT2D eigenvalue weighted by Crippen LogP contribution is -2.27. The number of benzene rings is 1. The molecule has 0 saturated heterocycles. The molecule has 0 aromatic heterocycles. The van der Waals surface area contributed by atoms with Crippen LogP contribution in [0, 0.1) is 5.82 Å². The van der Waals surface area contributed by atoms with Crippen molar-refractivity contribution in [3.05, 3.63) is 29.6 Å². The van der Waals surface area contributed by atoms with Gasteiger partial charge in [-0.25, -0.2) is 9.18 Å². The summed E-state index contributed by atoms with van der Waals surface area (Å²) in [6.07, 6.45) is 0.228. The third kappa shape index (κ3) is 4.52. The number of carboxylic acid groups (broad SMARTS) is 1. The number of aliphatic carboxylic acids is 1. The van der Waals surface area contributed by atoms with E-state index in [2.05, 4.69) is 5.32 Å². The normalized spacial score (nSPS) is 12.2. The van der Waals surface area contributed by atoms with Crippen molar-refractivity contribution in [1.82, 2.24) is 5.32 Å². The van der Waals surface area contributed by atoms with E-state index in [1.54, 1.807) is 19.1 Å². The minimum absolute atomic E-state index is 0.0281. The van der Waals surface area contributed by atoms with Gasteiger partial charge in [-0.2, -0.15) is 0 Å². The maximum atomic E-state index is 13.8. The van der Waals surface area contributed by atoms with E-state index in [9.17, 15) is 9.18 Å². The topological polar surface area (TPSA) is 58.6 Å². The third-order valence-corrected chi connectivity index (χ3v) is 2.70. The molecule has 0 bridgehead atoms. The maximum absolute atomic E-state index is 13.8. The van der Waals surface area contributed by atoms with Crippen LogP contribution in [0.25, 0.3) is 0 Å². The zero-order valence-corrected chi connectivity index (χ0v) is 11.3. The molecule has 0 aliphatic carbocycles. The molecule has 2 N–H and O–H groups in total. The summed E-state index contributed by atoms with van der Waals surface area (Å²) in [5, 5.41) is 12.1. The summed E-state index contributed by atoms with van der Waals surface area (Å²) in [6.45, 7) is 4.99. The maximum Gasteiger partial charge on any atom is 0.344 e. The van der Waals surface area contributed by atoms with Crippen LogP contribution in [0.1, 0.15) is 32.3 Å². The Kier molecular flexibility index (Phi) is 6.29. The van der Waals surface area contributed by atoms with Crippen LogP contribution in [-0.2, 0) is 11.3 Å². The molecule has 4 nitrogen and oxygen atoms in total. The van der Waals surface area contributed by atoms with Crippen LogP contribution >= 0.6 is 0 Å². The number of carbonyl (C=O) groups is 1. The Labute approximate surface area is 112 Å². The Morgan fingerprint density at radius 2 is 2.21 bits per heavy atom. The molecule has 19 heavy (non-hydrogen) atoms. The van der Waals surface area contributed by atoms with E-state index in [-0.39, 0.29) is 12.2 Å². The van der Waals surface area contributed by atoms with Crippen molar-refractivity contribution >= 4 is 5.97 Å². The van der Waals surface area contributed by atoms with Gasteiger partial charge in [0.15, 0.2) is 17.7 Å². The lowest BCUT2D eigenvalue weighted by Gasteiger charge is -2.17. The lowest BCUT2D eigenvalue weighted by atomic mass is 10.1. The Balaban J connectivity index is 2.87. The molecule has 0 aliphatic rings. The first kappa shape index (κ1) is 15.4. The second-order valence-electron chi connectivity index (χ2n) is 4.26. The smallest absolute Gasteiger partial charge is 0.344 e. The first-order chi connectivity index (χ1) is 9.10. The highest BCUT2D eigenvalue weighted by Gasteiger charge is 2.20. The van der Waals surface area contributed by atoms with Crippen molar-refractivity contribution in [3.63, 3.8) is 0 Å². The number of carboxylic acids is 1. The van der Waals surface area contributed by atoms with Crippen molar-refractivity contribution in [3.8, 4) is 5.75 Å². The summed E-state index contributed by atoms with van der Waals surface area (Å²) in [5.74, 6) is -1.59. The van der Waals surface area contributed by atoms with E-state index in [1.807, 2.05) is 6.92 Å². The second-order valence-corrected chi connectivity index (χ2v) is 4.26. The molecular weight excluding hydrogens is 249 g/mol. The highest BCUT2D eigenvalue weighted by molar-refractivity contribution is 5.72. The molecule has 1 aromatic rings. The molecule has 0 heterocycles. The molecule has 0 fully saturated rings. The van der Waals surface area contributed by atoms with E-state index in [0.717, 1.165) is 13.0 Å². The van der Waals surface area contributed by atoms with Gasteiger partial charge in [-0.3, -0.25) is 0 Å². The van der Waals surface area contributed by atoms with E-state index in [0.29, 0.717) is 12.1 Å². The highest BCUT2D eigenvalue weighted by atomic mass is 19.1. The van der Waals surface area contributed by atoms with Crippen LogP contribution in [0.2, 0.25) is 0 Å². The molecule has 0 spiro atoms. The number of hydrogen-bond acceptors (Lipinski definition) is 3. The van der Waals surface area contributed by atoms with Gasteiger partial charge in [-0.1, -0.05) is 26.0 Å². The zero-order valence-electron chi connectivity index (χ0n) is 11.3. The molecule has 1 rings (SSSR count). The van der Waals surface area contributed by atoms with Crippen LogP contribution in [-0.4, -0.2) is 23.7 Å². The van der Waals surface area contributed by atoms with Crippen LogP contribution < -0.4 is 10.1 Å². The van der Waals surface area contributed by atoms with Crippen molar-refractivity contribution in [2.24, 2.45) is 0 Å². The fraction of sp³-hybridized carbons (Fsp3) is 0.500. The summed E-state index contributed by atoms with van der Waals surface area (Å²) in [7, 11) is 0. The second kappa shape index (κ2) is 7.74. The van der Waals surface area contributed by atoms with Crippen molar-refractivity contribution in [2.75, 3.05) is 6.54 Å². The summed E-state index contributed by atoms with van der Waals surface area (Å²) in [4.78, 5) is 11.0. The number of halogens is 1. The Morgan fingerprint density at radius 3 is 2.79 bits per heavy atom. The van der Waals surface area contributed by atoms with Crippen LogP contribution in [0.15, 0.2) is 18.2 Å². The van der Waals surface area contributed by atoms with E-state index in [4.69, 9.17) is 9.84 Å². The van der Waals surface area contributed by atoms with Gasteiger partial charge in [0.2, 0.25) is 0 Å². The fourth-order valence-electron chi connectivity index (χ4n) is 1.68. The van der Waals surface area contributed by atoms with Gasteiger partial charge >= 0.3 is 5.97 Å². The van der Waals surface area contributed by atoms with E-state index >= 15 is 0 Å². The molecule has 1 unspecified atom stereocenters. The largest absolute Gasteiger partial charge is 0.479 e. The molecule has 1 atom stereocenters. The Morgan fingerprint density at radius 1 is 1.47 bits per heavy atom. The van der Waals surface area contributed by atoms with Crippen molar-refractivity contribution in [1.29, 1.82) is 0 Å². The fourth-order valence-corrected chi connectivity index (χ4v) is 1.68. The predicted molar refractivity (Wildman–Crippen MR) is 70.7 cm³/mol. The average Bonchev–Trinajstić information content (AvgIpc) is 2.38. The van der Waals surface area contributed by atoms with Gasteiger partial charge in [-0.05, 0) is 25.5 Å². The summed E-state index contributed by atoms with van der Waals surface area (Å²) in [5.41, 5.74) is 0.633. The predicted octanol–water partition coefficient (Wildman–Crippen LogP) is 2.57. The van der Waals surface area contributed by atoms with E-state index in [1.165, 1.54) is 6.07 Å². The minimum atomic E-state index is -1.08. The van der Waals surface area contributed by atoms with Gasteiger partial charge in [0, 0.05) is 12.1 Å². The van der Waals surface area contributed by atoms with E-state index < -0.39 is 17.9 Å². The molecule has 0 aliphatic heterocycles. The molecule has 1 aromatic carbocycles. The van der Waals surface area contributed by atoms with Gasteiger partial charge in [0.25, 0.3) is 0 Å². The molecule has 0 radical (unpaired) electrons. The van der Waals surface area contributed by atoms with Crippen LogP contribution in [0.5, 0.6) is 5.75 Å². The number of nitrogens with one attached hydrogen (secondary N) is 1. The minimum Gasteiger partial charge on any atom is -0.479 e. The SMILES string of the molecule is CCCNCc1cccc(F)c1OC(CC)C(=O)O. The standard InChI is InChI=1S/C14H20FNO3/c1-3-8-16-9-10-6-5-7-11(15)13(10)19-12(4-2)14(17)18/h5-7,12,16H,3-4,8-9H2,1-2H3,(H,17,18). The first-order valence-electron chi connectivity index (χ1n) is 6.47. The third-order valence-electron chi connectivity index (χ3n) is 2.70. The lowest BCUT2D eigenvalue weighted by molar-refractivity contribution is -0.145. The van der Waals surface area contributed by atoms with Crippen molar-refractivity contribution in [2.45, 2.75) is 39.3 Å². The number of para-hydroxylation sites is 1. The molecule has 0 saturated carbocycles. The number of ether oxygens (including phenoxy) is 1. The van der Waals surface area contributed by atoms with Gasteiger partial charge < -0.3 is 15.2 Å². The zero-order chi connectivity index (χ0) is 14.3. The molecule has 5 heteroatoms. The van der Waals surface area contributed by atoms with Gasteiger partial charge in [0.05, 0.1) is 0 Å². The molecular formula is C14H20FNO3. The van der Waals surface area contributed by atoms with Gasteiger partial charge in [-0.15, -0.1) is 0 Å². The highest BCUT2D eigenvalue weighted by Crippen LogP contribution is 2.24. The first-order valence-corrected chi connectivity index (χ1v) is 6.47. The Hall–Kier alpha value is -1.62. The monoisotopic (exact) mass is 269 g/mol. The molecule has 0 amide bonds. The van der Waals surface area contributed by atoms with Crippen LogP contribution in [0.4, 0.5) is 4.39 Å².